The Morgan fingerprint density at radius 1 is 1.18 bits per heavy atom. The number of hydrogen-bond acceptors (Lipinski definition) is 4. The minimum atomic E-state index is -3.23. The maximum atomic E-state index is 13.0. The average Bonchev–Trinajstić information content (AvgIpc) is 2.47. The van der Waals surface area contributed by atoms with Crippen LogP contribution in [0.1, 0.15) is 41.0 Å². The molecule has 1 rings (SSSR count). The molecule has 0 aliphatic rings. The van der Waals surface area contributed by atoms with E-state index < -0.39 is 19.5 Å². The quantitative estimate of drug-likeness (QED) is 0.578. The molecule has 5 nitrogen and oxygen atoms in total. The maximum absolute atomic E-state index is 13.0. The highest BCUT2D eigenvalue weighted by Crippen LogP contribution is 2.48. The zero-order valence-electron chi connectivity index (χ0n) is 13.9. The Morgan fingerprint density at radius 2 is 1.77 bits per heavy atom. The SMILES string of the molecule is CCC(C)OC(=O)[C@H](C)NP(=O)(Oc1ccccc1)C(C)C. The maximum Gasteiger partial charge on any atom is 0.323 e. The molecule has 0 aromatic heterocycles. The van der Waals surface area contributed by atoms with E-state index in [1.54, 1.807) is 45.0 Å². The van der Waals surface area contributed by atoms with Crippen LogP contribution < -0.4 is 9.61 Å². The topological polar surface area (TPSA) is 64.6 Å². The highest BCUT2D eigenvalue weighted by molar-refractivity contribution is 7.58. The van der Waals surface area contributed by atoms with E-state index in [1.807, 2.05) is 19.9 Å². The molecule has 0 aliphatic heterocycles. The van der Waals surface area contributed by atoms with Gasteiger partial charge >= 0.3 is 13.5 Å². The fourth-order valence-corrected chi connectivity index (χ4v) is 3.27. The summed E-state index contributed by atoms with van der Waals surface area (Å²) in [6.45, 7) is 8.99. The molecule has 2 unspecified atom stereocenters. The van der Waals surface area contributed by atoms with E-state index >= 15 is 0 Å². The number of nitrogens with one attached hydrogen (secondary N) is 1. The fourth-order valence-electron chi connectivity index (χ4n) is 1.63. The first-order chi connectivity index (χ1) is 10.3. The summed E-state index contributed by atoms with van der Waals surface area (Å²) in [6.07, 6.45) is 0.575. The van der Waals surface area contributed by atoms with Crippen molar-refractivity contribution in [3.05, 3.63) is 30.3 Å². The second-order valence-electron chi connectivity index (χ2n) is 5.60. The van der Waals surface area contributed by atoms with Crippen LogP contribution in [0.15, 0.2) is 30.3 Å². The van der Waals surface area contributed by atoms with Crippen LogP contribution in [0.4, 0.5) is 0 Å². The van der Waals surface area contributed by atoms with Crippen LogP contribution in [-0.4, -0.2) is 23.8 Å². The third kappa shape index (κ3) is 5.47. The predicted octanol–water partition coefficient (Wildman–Crippen LogP) is 3.99. The molecule has 0 spiro atoms. The Hall–Kier alpha value is -1.32. The molecule has 1 aromatic carbocycles. The molecule has 3 atom stereocenters. The lowest BCUT2D eigenvalue weighted by molar-refractivity contribution is -0.149. The summed E-state index contributed by atoms with van der Waals surface area (Å²) in [5.74, 6) is 0.0846. The summed E-state index contributed by atoms with van der Waals surface area (Å²) < 4.78 is 23.9. The van der Waals surface area contributed by atoms with E-state index in [0.29, 0.717) is 5.75 Å². The normalized spacial score (nSPS) is 16.6. The molecule has 0 heterocycles. The van der Waals surface area contributed by atoms with Crippen molar-refractivity contribution >= 4 is 13.5 Å². The molecular weight excluding hydrogens is 301 g/mol. The number of carbonyl (C=O) groups excluding carboxylic acids is 1. The first-order valence-corrected chi connectivity index (χ1v) is 9.30. The largest absolute Gasteiger partial charge is 0.462 e. The van der Waals surface area contributed by atoms with Gasteiger partial charge in [0.15, 0.2) is 0 Å². The third-order valence-electron chi connectivity index (χ3n) is 3.28. The molecule has 6 heteroatoms. The number of esters is 1. The van der Waals surface area contributed by atoms with E-state index in [9.17, 15) is 9.36 Å². The van der Waals surface area contributed by atoms with Crippen molar-refractivity contribution in [2.45, 2.75) is 58.8 Å². The van der Waals surface area contributed by atoms with Crippen molar-refractivity contribution in [3.63, 3.8) is 0 Å². The molecule has 0 bridgehead atoms. The van der Waals surface area contributed by atoms with Gasteiger partial charge in [-0.2, -0.15) is 0 Å². The Kier molecular flexibility index (Phi) is 7.11. The van der Waals surface area contributed by atoms with E-state index in [2.05, 4.69) is 5.09 Å². The van der Waals surface area contributed by atoms with Crippen molar-refractivity contribution < 1.29 is 18.6 Å². The molecule has 1 aromatic rings. The molecule has 0 saturated heterocycles. The molecule has 22 heavy (non-hydrogen) atoms. The van der Waals surface area contributed by atoms with Gasteiger partial charge in [-0.25, -0.2) is 5.09 Å². The van der Waals surface area contributed by atoms with Gasteiger partial charge in [-0.15, -0.1) is 0 Å². The van der Waals surface area contributed by atoms with Crippen LogP contribution >= 0.6 is 7.52 Å². The van der Waals surface area contributed by atoms with E-state index in [1.165, 1.54) is 0 Å². The molecule has 0 saturated carbocycles. The minimum Gasteiger partial charge on any atom is -0.462 e. The number of ether oxygens (including phenoxy) is 1. The average molecular weight is 327 g/mol. The zero-order valence-corrected chi connectivity index (χ0v) is 14.8. The van der Waals surface area contributed by atoms with Gasteiger partial charge in [0, 0.05) is 0 Å². The Labute approximate surface area is 132 Å². The molecule has 1 N–H and O–H groups in total. The first kappa shape index (κ1) is 18.7. The van der Waals surface area contributed by atoms with E-state index in [-0.39, 0.29) is 11.8 Å². The molecular formula is C16H26NO4P. The summed E-state index contributed by atoms with van der Waals surface area (Å²) in [4.78, 5) is 12.0. The smallest absolute Gasteiger partial charge is 0.323 e. The predicted molar refractivity (Wildman–Crippen MR) is 88.3 cm³/mol. The minimum absolute atomic E-state index is 0.162. The zero-order chi connectivity index (χ0) is 16.8. The van der Waals surface area contributed by atoms with Crippen LogP contribution in [-0.2, 0) is 14.1 Å². The Balaban J connectivity index is 2.79. The summed E-state index contributed by atoms with van der Waals surface area (Å²) in [6, 6.07) is 8.23. The van der Waals surface area contributed by atoms with Gasteiger partial charge in [0.05, 0.1) is 11.8 Å². The Bertz CT molecular complexity index is 518. The fraction of sp³-hybridized carbons (Fsp3) is 0.562. The first-order valence-electron chi connectivity index (χ1n) is 7.61. The highest BCUT2D eigenvalue weighted by Gasteiger charge is 2.33. The third-order valence-corrected chi connectivity index (χ3v) is 5.87. The standard InChI is InChI=1S/C16H26NO4P/c1-6-13(4)20-16(18)14(5)17-22(19,12(2)3)21-15-10-8-7-9-11-15/h7-14H,6H2,1-5H3,(H,17,19)/t13?,14-,22?/m0/s1. The summed E-state index contributed by atoms with van der Waals surface area (Å²) in [5, 5.41) is 2.83. The van der Waals surface area contributed by atoms with E-state index in [4.69, 9.17) is 9.26 Å². The van der Waals surface area contributed by atoms with Gasteiger partial charge in [-0.05, 0) is 32.4 Å². The monoisotopic (exact) mass is 327 g/mol. The molecule has 0 amide bonds. The van der Waals surface area contributed by atoms with Crippen molar-refractivity contribution in [2.24, 2.45) is 0 Å². The summed E-state index contributed by atoms with van der Waals surface area (Å²) in [7, 11) is -3.23. The van der Waals surface area contributed by atoms with Crippen LogP contribution in [0, 0.1) is 0 Å². The lowest BCUT2D eigenvalue weighted by Gasteiger charge is -2.26. The van der Waals surface area contributed by atoms with E-state index in [0.717, 1.165) is 6.42 Å². The van der Waals surface area contributed by atoms with Gasteiger partial charge in [-0.3, -0.25) is 9.36 Å². The number of hydrogen-bond donors (Lipinski definition) is 1. The Morgan fingerprint density at radius 3 is 2.27 bits per heavy atom. The van der Waals surface area contributed by atoms with Crippen molar-refractivity contribution in [3.8, 4) is 5.75 Å². The van der Waals surface area contributed by atoms with Crippen LogP contribution in [0.25, 0.3) is 0 Å². The van der Waals surface area contributed by atoms with Crippen molar-refractivity contribution in [1.82, 2.24) is 5.09 Å². The number of para-hydroxylation sites is 1. The van der Waals surface area contributed by atoms with Crippen molar-refractivity contribution in [2.75, 3.05) is 0 Å². The lowest BCUT2D eigenvalue weighted by Crippen LogP contribution is -2.37. The molecule has 0 fully saturated rings. The summed E-state index contributed by atoms with van der Waals surface area (Å²) >= 11 is 0. The molecule has 0 radical (unpaired) electrons. The number of carbonyl (C=O) groups is 1. The lowest BCUT2D eigenvalue weighted by atomic mass is 10.3. The van der Waals surface area contributed by atoms with Crippen LogP contribution in [0.5, 0.6) is 5.75 Å². The number of benzene rings is 1. The molecule has 0 aliphatic carbocycles. The van der Waals surface area contributed by atoms with Crippen LogP contribution in [0.3, 0.4) is 0 Å². The van der Waals surface area contributed by atoms with Gasteiger partial charge in [-0.1, -0.05) is 39.0 Å². The van der Waals surface area contributed by atoms with Gasteiger partial charge in [0.1, 0.15) is 11.8 Å². The van der Waals surface area contributed by atoms with Gasteiger partial charge in [0.25, 0.3) is 0 Å². The number of rotatable bonds is 8. The van der Waals surface area contributed by atoms with Gasteiger partial charge < -0.3 is 9.26 Å². The van der Waals surface area contributed by atoms with Gasteiger partial charge in [0.2, 0.25) is 0 Å². The second kappa shape index (κ2) is 8.35. The highest BCUT2D eigenvalue weighted by atomic mass is 31.2. The second-order valence-corrected chi connectivity index (χ2v) is 8.27. The summed E-state index contributed by atoms with van der Waals surface area (Å²) in [5.41, 5.74) is -0.272. The van der Waals surface area contributed by atoms with Crippen molar-refractivity contribution in [1.29, 1.82) is 0 Å². The van der Waals surface area contributed by atoms with Crippen LogP contribution in [0.2, 0.25) is 0 Å². The molecule has 124 valence electrons.